The maximum Gasteiger partial charge on any atom is 0.411 e. The van der Waals surface area contributed by atoms with Crippen LogP contribution in [0.3, 0.4) is 0 Å². The van der Waals surface area contributed by atoms with Crippen LogP contribution < -0.4 is 5.32 Å². The SMILES string of the molecule is O=C(O)[C@H](Cc1cc(Cl)ccc1Br)NC(=O)[C@@H]1Cc2ccccc2CN1C(=O)OCc1ccccc1. The van der Waals surface area contributed by atoms with Crippen LogP contribution in [-0.4, -0.2) is 40.1 Å². The molecule has 0 bridgehead atoms. The first-order valence-corrected chi connectivity index (χ1v) is 12.5. The smallest absolute Gasteiger partial charge is 0.411 e. The topological polar surface area (TPSA) is 95.9 Å². The lowest BCUT2D eigenvalue weighted by Gasteiger charge is -2.35. The average molecular weight is 572 g/mol. The first-order valence-electron chi connectivity index (χ1n) is 11.3. The molecule has 1 heterocycles. The van der Waals surface area contributed by atoms with Gasteiger partial charge in [0.15, 0.2) is 0 Å². The van der Waals surface area contributed by atoms with E-state index in [1.54, 1.807) is 18.2 Å². The van der Waals surface area contributed by atoms with E-state index in [0.29, 0.717) is 15.1 Å². The molecule has 0 fully saturated rings. The summed E-state index contributed by atoms with van der Waals surface area (Å²) in [5, 5.41) is 12.9. The summed E-state index contributed by atoms with van der Waals surface area (Å²) < 4.78 is 6.20. The Hall–Kier alpha value is -3.36. The normalized spacial score (nSPS) is 15.5. The molecular weight excluding hydrogens is 548 g/mol. The first-order chi connectivity index (χ1) is 17.3. The predicted molar refractivity (Wildman–Crippen MR) is 139 cm³/mol. The number of aliphatic carboxylic acids is 1. The van der Waals surface area contributed by atoms with Gasteiger partial charge in [-0.1, -0.05) is 82.1 Å². The van der Waals surface area contributed by atoms with Gasteiger partial charge in [0.05, 0.1) is 6.54 Å². The summed E-state index contributed by atoms with van der Waals surface area (Å²) in [5.74, 6) is -1.75. The number of nitrogens with zero attached hydrogens (tertiary/aromatic N) is 1. The Balaban J connectivity index is 1.53. The van der Waals surface area contributed by atoms with E-state index >= 15 is 0 Å². The van der Waals surface area contributed by atoms with Crippen molar-refractivity contribution in [3.8, 4) is 0 Å². The molecule has 0 unspecified atom stereocenters. The average Bonchev–Trinajstić information content (AvgIpc) is 2.88. The van der Waals surface area contributed by atoms with Crippen molar-refractivity contribution in [3.05, 3.63) is 105 Å². The van der Waals surface area contributed by atoms with E-state index in [0.717, 1.165) is 16.7 Å². The lowest BCUT2D eigenvalue weighted by atomic mass is 9.93. The van der Waals surface area contributed by atoms with Crippen LogP contribution in [0.2, 0.25) is 5.02 Å². The second-order valence-corrected chi connectivity index (χ2v) is 9.79. The molecule has 0 radical (unpaired) electrons. The minimum absolute atomic E-state index is 0.0178. The van der Waals surface area contributed by atoms with Crippen LogP contribution in [0.4, 0.5) is 4.79 Å². The molecule has 0 aromatic heterocycles. The fourth-order valence-electron chi connectivity index (χ4n) is 4.14. The van der Waals surface area contributed by atoms with Crippen LogP contribution in [0.1, 0.15) is 22.3 Å². The Bertz CT molecular complexity index is 1270. The fourth-order valence-corrected chi connectivity index (χ4v) is 4.74. The maximum atomic E-state index is 13.4. The molecular formula is C27H24BrClN2O5. The molecule has 0 spiro atoms. The molecule has 0 aliphatic carbocycles. The zero-order valence-corrected chi connectivity index (χ0v) is 21.5. The van der Waals surface area contributed by atoms with Crippen LogP contribution in [0, 0.1) is 0 Å². The third-order valence-electron chi connectivity index (χ3n) is 6.04. The summed E-state index contributed by atoms with van der Waals surface area (Å²) in [6.45, 7) is 0.242. The Morgan fingerprint density at radius 3 is 2.47 bits per heavy atom. The van der Waals surface area contributed by atoms with Crippen molar-refractivity contribution in [2.75, 3.05) is 0 Å². The molecule has 2 N–H and O–H groups in total. The van der Waals surface area contributed by atoms with Crippen LogP contribution in [0.5, 0.6) is 0 Å². The molecule has 2 amide bonds. The van der Waals surface area contributed by atoms with Crippen molar-refractivity contribution < 1.29 is 24.2 Å². The summed E-state index contributed by atoms with van der Waals surface area (Å²) in [5.41, 5.74) is 3.30. The van der Waals surface area contributed by atoms with Crippen LogP contribution >= 0.6 is 27.5 Å². The highest BCUT2D eigenvalue weighted by Gasteiger charge is 2.37. The standard InChI is InChI=1S/C27H24BrClN2O5/c28-22-11-10-21(29)12-20(22)13-23(26(33)34)30-25(32)24-14-18-8-4-5-9-19(18)15-31(24)27(35)36-16-17-6-2-1-3-7-17/h1-12,23-24H,13-16H2,(H,30,32)(H,33,34)/t23-,24-/m0/s1. The Kier molecular flexibility index (Phi) is 8.28. The number of fused-ring (bicyclic) bond motifs is 1. The summed E-state index contributed by atoms with van der Waals surface area (Å²) in [4.78, 5) is 39.8. The molecule has 36 heavy (non-hydrogen) atoms. The molecule has 1 aliphatic rings. The van der Waals surface area contributed by atoms with E-state index in [1.165, 1.54) is 4.90 Å². The van der Waals surface area contributed by atoms with Crippen molar-refractivity contribution in [2.24, 2.45) is 0 Å². The van der Waals surface area contributed by atoms with Crippen LogP contribution in [-0.2, 0) is 40.3 Å². The lowest BCUT2D eigenvalue weighted by molar-refractivity contribution is -0.142. The molecule has 7 nitrogen and oxygen atoms in total. The van der Waals surface area contributed by atoms with Crippen LogP contribution in [0.15, 0.2) is 77.3 Å². The summed E-state index contributed by atoms with van der Waals surface area (Å²) in [6, 6.07) is 19.7. The van der Waals surface area contributed by atoms with Gasteiger partial charge < -0.3 is 15.2 Å². The van der Waals surface area contributed by atoms with Gasteiger partial charge in [0.2, 0.25) is 5.91 Å². The second kappa shape index (κ2) is 11.6. The number of benzene rings is 3. The monoisotopic (exact) mass is 570 g/mol. The molecule has 186 valence electrons. The molecule has 0 saturated heterocycles. The number of rotatable bonds is 7. The van der Waals surface area contributed by atoms with Crippen LogP contribution in [0.25, 0.3) is 0 Å². The lowest BCUT2D eigenvalue weighted by Crippen LogP contribution is -2.56. The summed E-state index contributed by atoms with van der Waals surface area (Å²) in [7, 11) is 0. The Labute approximate surface area is 222 Å². The number of nitrogens with one attached hydrogen (secondary N) is 1. The number of amides is 2. The van der Waals surface area contributed by atoms with Gasteiger partial charge in [-0.05, 0) is 40.5 Å². The number of hydrogen-bond acceptors (Lipinski definition) is 4. The zero-order chi connectivity index (χ0) is 25.7. The van der Waals surface area contributed by atoms with E-state index in [4.69, 9.17) is 16.3 Å². The number of halogens is 2. The number of carbonyl (C=O) groups is 3. The second-order valence-electron chi connectivity index (χ2n) is 8.50. The zero-order valence-electron chi connectivity index (χ0n) is 19.2. The largest absolute Gasteiger partial charge is 0.480 e. The molecule has 9 heteroatoms. The molecule has 1 aliphatic heterocycles. The highest BCUT2D eigenvalue weighted by Crippen LogP contribution is 2.26. The van der Waals surface area contributed by atoms with E-state index in [1.807, 2.05) is 54.6 Å². The highest BCUT2D eigenvalue weighted by atomic mass is 79.9. The van der Waals surface area contributed by atoms with Crippen molar-refractivity contribution >= 4 is 45.5 Å². The third-order valence-corrected chi connectivity index (χ3v) is 7.05. The summed E-state index contributed by atoms with van der Waals surface area (Å²) in [6.07, 6.45) is -0.377. The highest BCUT2D eigenvalue weighted by molar-refractivity contribution is 9.10. The van der Waals surface area contributed by atoms with Crippen molar-refractivity contribution in [1.29, 1.82) is 0 Å². The molecule has 3 aromatic rings. The van der Waals surface area contributed by atoms with Gasteiger partial charge in [0, 0.05) is 22.3 Å². The van der Waals surface area contributed by atoms with Gasteiger partial charge in [-0.15, -0.1) is 0 Å². The maximum absolute atomic E-state index is 13.4. The van der Waals surface area contributed by atoms with Crippen molar-refractivity contribution in [1.82, 2.24) is 10.2 Å². The van der Waals surface area contributed by atoms with E-state index in [-0.39, 0.29) is 26.0 Å². The van der Waals surface area contributed by atoms with Crippen molar-refractivity contribution in [2.45, 2.75) is 38.1 Å². The number of hydrogen-bond donors (Lipinski definition) is 2. The summed E-state index contributed by atoms with van der Waals surface area (Å²) >= 11 is 9.47. The first kappa shape index (κ1) is 25.7. The van der Waals surface area contributed by atoms with E-state index < -0.39 is 30.1 Å². The third kappa shape index (κ3) is 6.25. The quantitative estimate of drug-likeness (QED) is 0.417. The van der Waals surface area contributed by atoms with Gasteiger partial charge >= 0.3 is 12.1 Å². The van der Waals surface area contributed by atoms with Gasteiger partial charge in [0.1, 0.15) is 18.7 Å². The van der Waals surface area contributed by atoms with E-state index in [9.17, 15) is 19.5 Å². The number of ether oxygens (including phenoxy) is 1. The molecule has 2 atom stereocenters. The minimum Gasteiger partial charge on any atom is -0.480 e. The fraction of sp³-hybridized carbons (Fsp3) is 0.222. The Morgan fingerprint density at radius 2 is 1.75 bits per heavy atom. The van der Waals surface area contributed by atoms with Gasteiger partial charge in [-0.2, -0.15) is 0 Å². The number of carboxylic acid groups (broad SMARTS) is 1. The number of carbonyl (C=O) groups excluding carboxylic acids is 2. The minimum atomic E-state index is -1.22. The van der Waals surface area contributed by atoms with E-state index in [2.05, 4.69) is 21.2 Å². The number of carboxylic acids is 1. The van der Waals surface area contributed by atoms with Gasteiger partial charge in [-0.25, -0.2) is 9.59 Å². The van der Waals surface area contributed by atoms with Gasteiger partial charge in [-0.3, -0.25) is 9.69 Å². The van der Waals surface area contributed by atoms with Crippen molar-refractivity contribution in [3.63, 3.8) is 0 Å². The predicted octanol–water partition coefficient (Wildman–Crippen LogP) is 4.98. The molecule has 3 aromatic carbocycles. The Morgan fingerprint density at radius 1 is 1.06 bits per heavy atom. The molecule has 4 rings (SSSR count). The van der Waals surface area contributed by atoms with Gasteiger partial charge in [0.25, 0.3) is 0 Å². The molecule has 0 saturated carbocycles.